The van der Waals surface area contributed by atoms with Crippen molar-refractivity contribution in [2.45, 2.75) is 43.0 Å². The number of halogens is 2. The zero-order valence-electron chi connectivity index (χ0n) is 14.4. The fraction of sp³-hybridized carbons (Fsp3) is 0.647. The molecule has 8 heteroatoms. The number of ether oxygens (including phenoxy) is 1. The highest BCUT2D eigenvalue weighted by molar-refractivity contribution is 7.89. The lowest BCUT2D eigenvalue weighted by molar-refractivity contribution is 0.282. The lowest BCUT2D eigenvalue weighted by Gasteiger charge is -2.32. The van der Waals surface area contributed by atoms with E-state index in [1.54, 1.807) is 12.1 Å². The van der Waals surface area contributed by atoms with Crippen LogP contribution in [-0.4, -0.2) is 45.5 Å². The van der Waals surface area contributed by atoms with Crippen LogP contribution in [0.25, 0.3) is 0 Å². The van der Waals surface area contributed by atoms with Crippen molar-refractivity contribution in [3.63, 3.8) is 0 Å². The molecular weight excluding hydrogens is 383 g/mol. The van der Waals surface area contributed by atoms with E-state index < -0.39 is 10.0 Å². The third-order valence-corrected chi connectivity index (χ3v) is 6.92. The van der Waals surface area contributed by atoms with E-state index in [0.29, 0.717) is 30.5 Å². The van der Waals surface area contributed by atoms with Crippen LogP contribution in [-0.2, 0) is 10.0 Å². The number of piperidine rings is 1. The fourth-order valence-corrected chi connectivity index (χ4v) is 5.00. The second-order valence-electron chi connectivity index (χ2n) is 6.66. The van der Waals surface area contributed by atoms with Crippen LogP contribution in [0.2, 0.25) is 5.02 Å². The lowest BCUT2D eigenvalue weighted by atomic mass is 10.1. The Labute approximate surface area is 161 Å². The normalized spacial score (nSPS) is 21.6. The van der Waals surface area contributed by atoms with Gasteiger partial charge in [-0.1, -0.05) is 24.4 Å². The van der Waals surface area contributed by atoms with Crippen LogP contribution in [0, 0.1) is 5.92 Å². The Morgan fingerprint density at radius 2 is 2.08 bits per heavy atom. The fourth-order valence-electron chi connectivity index (χ4n) is 3.08. The number of sulfonamides is 1. The molecule has 1 heterocycles. The van der Waals surface area contributed by atoms with Crippen molar-refractivity contribution < 1.29 is 13.2 Å². The Bertz CT molecular complexity index is 680. The Kier molecular flexibility index (Phi) is 7.40. The Morgan fingerprint density at radius 1 is 1.32 bits per heavy atom. The summed E-state index contributed by atoms with van der Waals surface area (Å²) in [5.74, 6) is 1.16. The van der Waals surface area contributed by atoms with Gasteiger partial charge >= 0.3 is 0 Å². The van der Waals surface area contributed by atoms with Gasteiger partial charge in [0.05, 0.1) is 6.61 Å². The Morgan fingerprint density at radius 3 is 2.76 bits per heavy atom. The first kappa shape index (κ1) is 20.8. The smallest absolute Gasteiger partial charge is 0.246 e. The topological polar surface area (TPSA) is 58.6 Å². The largest absolute Gasteiger partial charge is 0.492 e. The van der Waals surface area contributed by atoms with Gasteiger partial charge in [0.2, 0.25) is 10.0 Å². The van der Waals surface area contributed by atoms with Gasteiger partial charge in [0.25, 0.3) is 0 Å². The van der Waals surface area contributed by atoms with Crippen LogP contribution in [0.1, 0.15) is 32.1 Å². The van der Waals surface area contributed by atoms with E-state index in [0.717, 1.165) is 25.2 Å². The maximum absolute atomic E-state index is 13.1. The second-order valence-corrected chi connectivity index (χ2v) is 9.01. The molecule has 0 radical (unpaired) electrons. The second kappa shape index (κ2) is 8.91. The standard InChI is InChI=1S/C17H25ClN2O3S.ClH/c1-19-15-3-2-9-20(12-15)24(21,22)17-11-14(18)6-7-16(17)23-10-8-13-4-5-13;/h6-7,11,13,15,19H,2-5,8-10,12H2,1H3;1H. The van der Waals surface area contributed by atoms with E-state index in [9.17, 15) is 8.42 Å². The van der Waals surface area contributed by atoms with Gasteiger partial charge in [-0.15, -0.1) is 12.4 Å². The molecule has 25 heavy (non-hydrogen) atoms. The van der Waals surface area contributed by atoms with E-state index in [4.69, 9.17) is 16.3 Å². The van der Waals surface area contributed by atoms with Crippen LogP contribution >= 0.6 is 24.0 Å². The third-order valence-electron chi connectivity index (χ3n) is 4.80. The van der Waals surface area contributed by atoms with E-state index in [1.807, 2.05) is 7.05 Å². The van der Waals surface area contributed by atoms with Crippen molar-refractivity contribution in [3.05, 3.63) is 23.2 Å². The monoisotopic (exact) mass is 408 g/mol. The molecule has 1 aromatic carbocycles. The molecule has 1 aliphatic heterocycles. The lowest BCUT2D eigenvalue weighted by Crippen LogP contribution is -2.46. The minimum Gasteiger partial charge on any atom is -0.492 e. The summed E-state index contributed by atoms with van der Waals surface area (Å²) in [6.07, 6.45) is 5.34. The van der Waals surface area contributed by atoms with E-state index in [1.165, 1.54) is 23.2 Å². The van der Waals surface area contributed by atoms with Gasteiger partial charge in [0.1, 0.15) is 10.6 Å². The van der Waals surface area contributed by atoms with Gasteiger partial charge < -0.3 is 10.1 Å². The summed E-state index contributed by atoms with van der Waals surface area (Å²) in [7, 11) is -1.74. The summed E-state index contributed by atoms with van der Waals surface area (Å²) in [6.45, 7) is 1.56. The van der Waals surface area contributed by atoms with Gasteiger partial charge in [0, 0.05) is 24.2 Å². The van der Waals surface area contributed by atoms with Crippen molar-refractivity contribution in [2.24, 2.45) is 5.92 Å². The van der Waals surface area contributed by atoms with E-state index in [-0.39, 0.29) is 23.3 Å². The number of benzene rings is 1. The number of rotatable bonds is 7. The van der Waals surface area contributed by atoms with Crippen LogP contribution < -0.4 is 10.1 Å². The predicted octanol–water partition coefficient (Wildman–Crippen LogP) is 3.31. The molecule has 1 saturated carbocycles. The molecule has 1 unspecified atom stereocenters. The molecule has 1 N–H and O–H groups in total. The number of likely N-dealkylation sites (N-methyl/N-ethyl adjacent to an activating group) is 1. The molecule has 1 saturated heterocycles. The summed E-state index contributed by atoms with van der Waals surface area (Å²) < 4.78 is 33.5. The highest BCUT2D eigenvalue weighted by Crippen LogP contribution is 2.34. The van der Waals surface area contributed by atoms with Gasteiger partial charge in [-0.05, 0) is 50.4 Å². The van der Waals surface area contributed by atoms with Crippen LogP contribution in [0.5, 0.6) is 5.75 Å². The predicted molar refractivity (Wildman–Crippen MR) is 102 cm³/mol. The number of hydrogen-bond acceptors (Lipinski definition) is 4. The van der Waals surface area contributed by atoms with E-state index in [2.05, 4.69) is 5.32 Å². The summed E-state index contributed by atoms with van der Waals surface area (Å²) in [4.78, 5) is 0.183. The molecule has 0 bridgehead atoms. The molecule has 2 aliphatic rings. The van der Waals surface area contributed by atoms with Gasteiger partial charge in [-0.2, -0.15) is 4.31 Å². The van der Waals surface area contributed by atoms with Gasteiger partial charge in [-0.25, -0.2) is 8.42 Å². The highest BCUT2D eigenvalue weighted by Gasteiger charge is 2.32. The maximum Gasteiger partial charge on any atom is 0.246 e. The van der Waals surface area contributed by atoms with Crippen LogP contribution in [0.3, 0.4) is 0 Å². The number of nitrogens with one attached hydrogen (secondary N) is 1. The van der Waals surface area contributed by atoms with Gasteiger partial charge in [0.15, 0.2) is 0 Å². The molecule has 3 rings (SSSR count). The maximum atomic E-state index is 13.1. The molecule has 1 aliphatic carbocycles. The van der Waals surface area contributed by atoms with E-state index >= 15 is 0 Å². The molecule has 142 valence electrons. The Balaban J connectivity index is 0.00000225. The van der Waals surface area contributed by atoms with Crippen LogP contribution in [0.4, 0.5) is 0 Å². The molecule has 0 amide bonds. The third kappa shape index (κ3) is 5.23. The number of hydrogen-bond donors (Lipinski definition) is 1. The molecule has 0 spiro atoms. The molecule has 5 nitrogen and oxygen atoms in total. The zero-order chi connectivity index (χ0) is 17.2. The molecule has 1 aromatic rings. The average molecular weight is 409 g/mol. The summed E-state index contributed by atoms with van der Waals surface area (Å²) in [5, 5.41) is 3.58. The van der Waals surface area contributed by atoms with Crippen LogP contribution in [0.15, 0.2) is 23.1 Å². The van der Waals surface area contributed by atoms with Crippen molar-refractivity contribution >= 4 is 34.0 Å². The number of nitrogens with zero attached hydrogens (tertiary/aromatic N) is 1. The molecule has 0 aromatic heterocycles. The summed E-state index contributed by atoms with van der Waals surface area (Å²) in [5.41, 5.74) is 0. The highest BCUT2D eigenvalue weighted by atomic mass is 35.5. The summed E-state index contributed by atoms with van der Waals surface area (Å²) >= 11 is 6.06. The first-order chi connectivity index (χ1) is 11.5. The molecule has 1 atom stereocenters. The average Bonchev–Trinajstić information content (AvgIpc) is 3.40. The molecular formula is C17H26Cl2N2O3S. The van der Waals surface area contributed by atoms with Crippen molar-refractivity contribution in [1.29, 1.82) is 0 Å². The minimum absolute atomic E-state index is 0. The Hall–Kier alpha value is -0.530. The SMILES string of the molecule is CNC1CCCN(S(=O)(=O)c2cc(Cl)ccc2OCCC2CC2)C1.Cl. The molecule has 2 fully saturated rings. The van der Waals surface area contributed by atoms with Crippen molar-refractivity contribution in [1.82, 2.24) is 9.62 Å². The summed E-state index contributed by atoms with van der Waals surface area (Å²) in [6, 6.07) is 5.04. The quantitative estimate of drug-likeness (QED) is 0.751. The van der Waals surface area contributed by atoms with Gasteiger partial charge in [-0.3, -0.25) is 0 Å². The first-order valence-electron chi connectivity index (χ1n) is 8.60. The van der Waals surface area contributed by atoms with Crippen molar-refractivity contribution in [2.75, 3.05) is 26.7 Å². The van der Waals surface area contributed by atoms with Crippen molar-refractivity contribution in [3.8, 4) is 5.75 Å². The zero-order valence-corrected chi connectivity index (χ0v) is 16.8. The first-order valence-corrected chi connectivity index (χ1v) is 10.4. The minimum atomic E-state index is -3.61.